The van der Waals surface area contributed by atoms with Crippen LogP contribution in [0.3, 0.4) is 0 Å². The molecule has 0 aliphatic rings. The number of benzene rings is 1. The predicted molar refractivity (Wildman–Crippen MR) is 78.0 cm³/mol. The molecule has 0 spiro atoms. The van der Waals surface area contributed by atoms with Crippen molar-refractivity contribution in [2.45, 2.75) is 33.4 Å². The van der Waals surface area contributed by atoms with Crippen LogP contribution in [0.5, 0.6) is 5.75 Å². The van der Waals surface area contributed by atoms with Gasteiger partial charge in [0.05, 0.1) is 6.61 Å². The van der Waals surface area contributed by atoms with Crippen LogP contribution >= 0.6 is 12.4 Å². The maximum absolute atomic E-state index is 11.0. The molecule has 0 saturated carbocycles. The third kappa shape index (κ3) is 5.94. The van der Waals surface area contributed by atoms with Crippen molar-refractivity contribution in [1.29, 1.82) is 0 Å². The number of carbonyl (C=O) groups is 1. The minimum atomic E-state index is -0.814. The first-order valence-electron chi connectivity index (χ1n) is 6.22. The zero-order chi connectivity index (χ0) is 13.5. The largest absolute Gasteiger partial charge is 0.494 e. The Balaban J connectivity index is 0.00000324. The molecule has 0 amide bonds. The highest BCUT2D eigenvalue weighted by atomic mass is 35.5. The fourth-order valence-electron chi connectivity index (χ4n) is 1.75. The summed E-state index contributed by atoms with van der Waals surface area (Å²) in [6.07, 6.45) is 0. The molecule has 5 heteroatoms. The van der Waals surface area contributed by atoms with E-state index >= 15 is 0 Å². The van der Waals surface area contributed by atoms with E-state index < -0.39 is 12.0 Å². The highest BCUT2D eigenvalue weighted by Crippen LogP contribution is 2.13. The average Bonchev–Trinajstić information content (AvgIpc) is 2.29. The van der Waals surface area contributed by atoms with Gasteiger partial charge < -0.3 is 15.2 Å². The number of nitrogens with one attached hydrogen (secondary N) is 1. The van der Waals surface area contributed by atoms with Gasteiger partial charge in [0.25, 0.3) is 0 Å². The first-order chi connectivity index (χ1) is 8.54. The van der Waals surface area contributed by atoms with Gasteiger partial charge in [-0.1, -0.05) is 26.0 Å². The lowest BCUT2D eigenvalue weighted by Crippen LogP contribution is -2.40. The Morgan fingerprint density at radius 3 is 2.63 bits per heavy atom. The quantitative estimate of drug-likeness (QED) is 0.809. The van der Waals surface area contributed by atoms with Crippen molar-refractivity contribution >= 4 is 18.4 Å². The smallest absolute Gasteiger partial charge is 0.320 e. The van der Waals surface area contributed by atoms with Crippen molar-refractivity contribution in [2.24, 2.45) is 5.92 Å². The van der Waals surface area contributed by atoms with Crippen molar-refractivity contribution in [3.63, 3.8) is 0 Å². The molecular formula is C14H22ClNO3. The van der Waals surface area contributed by atoms with Crippen LogP contribution < -0.4 is 10.1 Å². The number of carboxylic acid groups (broad SMARTS) is 1. The molecule has 1 aromatic rings. The number of aliphatic carboxylic acids is 1. The zero-order valence-electron chi connectivity index (χ0n) is 11.6. The lowest BCUT2D eigenvalue weighted by Gasteiger charge is -2.18. The van der Waals surface area contributed by atoms with E-state index in [1.165, 1.54) is 0 Å². The van der Waals surface area contributed by atoms with E-state index in [-0.39, 0.29) is 18.3 Å². The van der Waals surface area contributed by atoms with Crippen LogP contribution in [0.4, 0.5) is 0 Å². The summed E-state index contributed by atoms with van der Waals surface area (Å²) in [7, 11) is 0. The van der Waals surface area contributed by atoms with Crippen molar-refractivity contribution in [2.75, 3.05) is 6.61 Å². The molecule has 0 aromatic heterocycles. The number of rotatable bonds is 7. The Hall–Kier alpha value is -1.26. The second-order valence-corrected chi connectivity index (χ2v) is 4.52. The van der Waals surface area contributed by atoms with Gasteiger partial charge in [-0.25, -0.2) is 0 Å². The van der Waals surface area contributed by atoms with E-state index in [1.54, 1.807) is 0 Å². The van der Waals surface area contributed by atoms with Gasteiger partial charge in [-0.15, -0.1) is 12.4 Å². The molecule has 0 fully saturated rings. The highest BCUT2D eigenvalue weighted by Gasteiger charge is 2.20. The van der Waals surface area contributed by atoms with Crippen LogP contribution in [0.15, 0.2) is 24.3 Å². The lowest BCUT2D eigenvalue weighted by molar-refractivity contribution is -0.140. The highest BCUT2D eigenvalue weighted by molar-refractivity contribution is 5.85. The van der Waals surface area contributed by atoms with Gasteiger partial charge in [0.1, 0.15) is 11.8 Å². The van der Waals surface area contributed by atoms with Crippen molar-refractivity contribution in [3.8, 4) is 5.75 Å². The third-order valence-corrected chi connectivity index (χ3v) is 2.67. The van der Waals surface area contributed by atoms with Crippen LogP contribution in [-0.2, 0) is 11.3 Å². The summed E-state index contributed by atoms with van der Waals surface area (Å²) in [5.74, 6) is 0.0526. The maximum atomic E-state index is 11.0. The number of hydrogen-bond acceptors (Lipinski definition) is 3. The summed E-state index contributed by atoms with van der Waals surface area (Å²) < 4.78 is 5.40. The molecule has 19 heavy (non-hydrogen) atoms. The SMILES string of the molecule is CCOc1cccc(CNC(C(=O)O)C(C)C)c1.Cl. The predicted octanol–water partition coefficient (Wildman–Crippen LogP) is 2.71. The summed E-state index contributed by atoms with van der Waals surface area (Å²) in [4.78, 5) is 11.0. The van der Waals surface area contributed by atoms with E-state index in [9.17, 15) is 4.79 Å². The van der Waals surface area contributed by atoms with Gasteiger partial charge in [0.15, 0.2) is 0 Å². The summed E-state index contributed by atoms with van der Waals surface area (Å²) in [5, 5.41) is 12.1. The first-order valence-corrected chi connectivity index (χ1v) is 6.22. The van der Waals surface area contributed by atoms with Gasteiger partial charge in [-0.05, 0) is 30.5 Å². The number of halogens is 1. The minimum Gasteiger partial charge on any atom is -0.494 e. The number of ether oxygens (including phenoxy) is 1. The molecule has 0 bridgehead atoms. The van der Waals surface area contributed by atoms with Gasteiger partial charge in [-0.3, -0.25) is 4.79 Å². The van der Waals surface area contributed by atoms with Crippen molar-refractivity contribution in [3.05, 3.63) is 29.8 Å². The minimum absolute atomic E-state index is 0. The Morgan fingerprint density at radius 2 is 2.11 bits per heavy atom. The maximum Gasteiger partial charge on any atom is 0.320 e. The third-order valence-electron chi connectivity index (χ3n) is 2.67. The van der Waals surface area contributed by atoms with Gasteiger partial charge in [0.2, 0.25) is 0 Å². The molecule has 0 heterocycles. The molecular weight excluding hydrogens is 266 g/mol. The van der Waals surface area contributed by atoms with E-state index in [1.807, 2.05) is 45.0 Å². The molecule has 108 valence electrons. The Morgan fingerprint density at radius 1 is 1.42 bits per heavy atom. The van der Waals surface area contributed by atoms with Crippen molar-refractivity contribution < 1.29 is 14.6 Å². The lowest BCUT2D eigenvalue weighted by atomic mass is 10.0. The van der Waals surface area contributed by atoms with E-state index in [2.05, 4.69) is 5.32 Å². The topological polar surface area (TPSA) is 58.6 Å². The summed E-state index contributed by atoms with van der Waals surface area (Å²) >= 11 is 0. The molecule has 0 aliphatic carbocycles. The molecule has 0 saturated heterocycles. The van der Waals surface area contributed by atoms with E-state index in [0.29, 0.717) is 13.2 Å². The van der Waals surface area contributed by atoms with Crippen LogP contribution in [0, 0.1) is 5.92 Å². The molecule has 1 rings (SSSR count). The number of hydrogen-bond donors (Lipinski definition) is 2. The molecule has 1 aromatic carbocycles. The second kappa shape index (κ2) is 8.77. The van der Waals surface area contributed by atoms with Crippen LogP contribution in [0.1, 0.15) is 26.3 Å². The molecule has 0 aliphatic heterocycles. The zero-order valence-corrected chi connectivity index (χ0v) is 12.4. The van der Waals surface area contributed by atoms with E-state index in [4.69, 9.17) is 9.84 Å². The summed E-state index contributed by atoms with van der Waals surface area (Å²) in [6, 6.07) is 7.16. The van der Waals surface area contributed by atoms with Gasteiger partial charge in [-0.2, -0.15) is 0 Å². The van der Waals surface area contributed by atoms with Gasteiger partial charge >= 0.3 is 5.97 Å². The standard InChI is InChI=1S/C14H21NO3.ClH/c1-4-18-12-7-5-6-11(8-12)9-15-13(10(2)3)14(16)17;/h5-8,10,13,15H,4,9H2,1-3H3,(H,16,17);1H. The molecule has 4 nitrogen and oxygen atoms in total. The average molecular weight is 288 g/mol. The molecule has 2 N–H and O–H groups in total. The molecule has 1 unspecified atom stereocenters. The van der Waals surface area contributed by atoms with Gasteiger partial charge in [0, 0.05) is 6.54 Å². The monoisotopic (exact) mass is 287 g/mol. The fraction of sp³-hybridized carbons (Fsp3) is 0.500. The first kappa shape index (κ1) is 17.7. The second-order valence-electron chi connectivity index (χ2n) is 4.52. The fourth-order valence-corrected chi connectivity index (χ4v) is 1.75. The van der Waals surface area contributed by atoms with E-state index in [0.717, 1.165) is 11.3 Å². The van der Waals surface area contributed by atoms with Crippen LogP contribution in [0.2, 0.25) is 0 Å². The van der Waals surface area contributed by atoms with Crippen LogP contribution in [-0.4, -0.2) is 23.7 Å². The Bertz CT molecular complexity index is 396. The Labute approximate surface area is 120 Å². The van der Waals surface area contributed by atoms with Crippen LogP contribution in [0.25, 0.3) is 0 Å². The summed E-state index contributed by atoms with van der Waals surface area (Å²) in [5.41, 5.74) is 1.02. The van der Waals surface area contributed by atoms with Crippen molar-refractivity contribution in [1.82, 2.24) is 5.32 Å². The summed E-state index contributed by atoms with van der Waals surface area (Å²) in [6.45, 7) is 6.87. The molecule has 0 radical (unpaired) electrons. The molecule has 1 atom stereocenters. The Kier molecular flexibility index (Phi) is 8.19. The normalized spacial score (nSPS) is 11.8. The number of carboxylic acids is 1.